The minimum Gasteiger partial charge on any atom is -0.374 e. The van der Waals surface area contributed by atoms with Gasteiger partial charge < -0.3 is 4.74 Å². The maximum absolute atomic E-state index is 5.84. The van der Waals surface area contributed by atoms with E-state index in [0.29, 0.717) is 6.10 Å². The van der Waals surface area contributed by atoms with Gasteiger partial charge in [0.2, 0.25) is 0 Å². The second-order valence-corrected chi connectivity index (χ2v) is 6.92. The van der Waals surface area contributed by atoms with Crippen molar-refractivity contribution in [1.82, 2.24) is 9.80 Å². The van der Waals surface area contributed by atoms with Crippen LogP contribution in [0, 0.1) is 5.92 Å². The molecule has 0 aromatic heterocycles. The Morgan fingerprint density at radius 2 is 2.28 bits per heavy atom. The van der Waals surface area contributed by atoms with Gasteiger partial charge in [-0.15, -0.1) is 11.7 Å². The molecular weight excluding hydrogens is 264 g/mol. The summed E-state index contributed by atoms with van der Waals surface area (Å²) in [5.74, 6) is 1.77. The number of morpholine rings is 1. The molecule has 0 aromatic carbocycles. The Hall–Kier alpha value is 0.580. The van der Waals surface area contributed by atoms with Crippen molar-refractivity contribution >= 4 is 22.5 Å². The Kier molecular flexibility index (Phi) is 8.76. The third-order valence-corrected chi connectivity index (χ3v) is 4.17. The molecule has 0 N–H and O–H groups in total. The molecule has 0 radical (unpaired) electrons. The molecule has 1 aliphatic heterocycles. The normalized spacial score (nSPS) is 22.0. The van der Waals surface area contributed by atoms with Gasteiger partial charge in [0.25, 0.3) is 0 Å². The van der Waals surface area contributed by atoms with Crippen molar-refractivity contribution in [2.24, 2.45) is 5.92 Å². The molecule has 0 aliphatic carbocycles. The molecule has 108 valence electrons. The van der Waals surface area contributed by atoms with Gasteiger partial charge in [0.1, 0.15) is 0 Å². The lowest BCUT2D eigenvalue weighted by molar-refractivity contribution is -0.0390. The van der Waals surface area contributed by atoms with Gasteiger partial charge in [0.05, 0.1) is 18.6 Å². The van der Waals surface area contributed by atoms with Crippen LogP contribution in [-0.4, -0.2) is 61.6 Å². The predicted molar refractivity (Wildman–Crippen MR) is 84.3 cm³/mol. The summed E-state index contributed by atoms with van der Waals surface area (Å²) in [5, 5.41) is 0. The number of rotatable bonds is 8. The highest BCUT2D eigenvalue weighted by Gasteiger charge is 2.21. The van der Waals surface area contributed by atoms with Crippen LogP contribution in [0.3, 0.4) is 0 Å². The molecule has 0 spiro atoms. The molecule has 1 fully saturated rings. The first-order valence-corrected chi connectivity index (χ1v) is 8.94. The van der Waals surface area contributed by atoms with E-state index >= 15 is 0 Å². The number of ether oxygens (including phenoxy) is 1. The SMILES string of the molecule is CC(C)CCCN1CCO[C@@H](CN(C)CSS)C1. The molecule has 18 heavy (non-hydrogen) atoms. The quantitative estimate of drug-likeness (QED) is 0.420. The van der Waals surface area contributed by atoms with Crippen LogP contribution < -0.4 is 0 Å². The van der Waals surface area contributed by atoms with E-state index < -0.39 is 0 Å². The second kappa shape index (κ2) is 9.48. The van der Waals surface area contributed by atoms with Crippen molar-refractivity contribution in [2.75, 3.05) is 45.7 Å². The lowest BCUT2D eigenvalue weighted by Gasteiger charge is -2.34. The van der Waals surface area contributed by atoms with Crippen molar-refractivity contribution in [3.05, 3.63) is 0 Å². The van der Waals surface area contributed by atoms with Crippen LogP contribution in [-0.2, 0) is 4.74 Å². The largest absolute Gasteiger partial charge is 0.374 e. The molecule has 1 rings (SSSR count). The van der Waals surface area contributed by atoms with Crippen molar-refractivity contribution in [3.8, 4) is 0 Å². The van der Waals surface area contributed by atoms with Gasteiger partial charge in [-0.2, -0.15) is 0 Å². The van der Waals surface area contributed by atoms with Gasteiger partial charge in [-0.05, 0) is 32.4 Å². The fourth-order valence-electron chi connectivity index (χ4n) is 2.32. The maximum atomic E-state index is 5.84. The molecule has 1 atom stereocenters. The summed E-state index contributed by atoms with van der Waals surface area (Å²) in [4.78, 5) is 4.83. The minimum atomic E-state index is 0.364. The van der Waals surface area contributed by atoms with E-state index in [1.807, 2.05) is 0 Å². The number of hydrogen-bond acceptors (Lipinski definition) is 5. The highest BCUT2D eigenvalue weighted by molar-refractivity contribution is 8.68. The zero-order valence-corrected chi connectivity index (χ0v) is 13.7. The van der Waals surface area contributed by atoms with E-state index in [1.165, 1.54) is 19.4 Å². The fraction of sp³-hybridized carbons (Fsp3) is 1.00. The molecule has 1 saturated heterocycles. The van der Waals surface area contributed by atoms with Gasteiger partial charge >= 0.3 is 0 Å². The van der Waals surface area contributed by atoms with Crippen molar-refractivity contribution in [3.63, 3.8) is 0 Å². The molecule has 5 heteroatoms. The van der Waals surface area contributed by atoms with Crippen LogP contribution in [0.4, 0.5) is 0 Å². The summed E-state index contributed by atoms with van der Waals surface area (Å²) in [6, 6.07) is 0. The highest BCUT2D eigenvalue weighted by Crippen LogP contribution is 2.12. The smallest absolute Gasteiger partial charge is 0.0829 e. The van der Waals surface area contributed by atoms with Gasteiger partial charge in [0, 0.05) is 19.6 Å². The van der Waals surface area contributed by atoms with Crippen LogP contribution >= 0.6 is 22.5 Å². The van der Waals surface area contributed by atoms with E-state index in [1.54, 1.807) is 10.8 Å². The lowest BCUT2D eigenvalue weighted by Crippen LogP contribution is -2.47. The van der Waals surface area contributed by atoms with E-state index in [2.05, 4.69) is 42.4 Å². The Morgan fingerprint density at radius 1 is 1.50 bits per heavy atom. The van der Waals surface area contributed by atoms with E-state index in [-0.39, 0.29) is 0 Å². The van der Waals surface area contributed by atoms with E-state index in [0.717, 1.165) is 38.0 Å². The maximum Gasteiger partial charge on any atom is 0.0829 e. The topological polar surface area (TPSA) is 15.7 Å². The molecule has 1 heterocycles. The molecular formula is C13H28N2OS2. The molecule has 0 saturated carbocycles. The van der Waals surface area contributed by atoms with Crippen molar-refractivity contribution in [2.45, 2.75) is 32.8 Å². The number of likely N-dealkylation sites (N-methyl/N-ethyl adjacent to an activating group) is 1. The molecule has 0 aromatic rings. The van der Waals surface area contributed by atoms with Gasteiger partial charge in [-0.1, -0.05) is 24.6 Å². The first-order chi connectivity index (χ1) is 8.61. The third kappa shape index (κ3) is 7.24. The van der Waals surface area contributed by atoms with E-state index in [9.17, 15) is 0 Å². The Labute approximate surface area is 121 Å². The Morgan fingerprint density at radius 3 is 2.94 bits per heavy atom. The molecule has 3 nitrogen and oxygen atoms in total. The third-order valence-electron chi connectivity index (χ3n) is 3.27. The highest BCUT2D eigenvalue weighted by atomic mass is 33.1. The first-order valence-electron chi connectivity index (χ1n) is 6.90. The monoisotopic (exact) mass is 292 g/mol. The summed E-state index contributed by atoms with van der Waals surface area (Å²) < 4.78 is 5.84. The number of thiol groups is 1. The summed E-state index contributed by atoms with van der Waals surface area (Å²) in [5.41, 5.74) is 0. The van der Waals surface area contributed by atoms with Crippen LogP contribution in [0.1, 0.15) is 26.7 Å². The standard InChI is InChI=1S/C13H28N2OS2/c1-12(2)5-4-6-15-7-8-16-13(10-15)9-14(3)11-18-17/h12-13,17H,4-11H2,1-3H3/t13-/m0/s1. The van der Waals surface area contributed by atoms with Gasteiger partial charge in [0.15, 0.2) is 0 Å². The van der Waals surface area contributed by atoms with Crippen molar-refractivity contribution in [1.29, 1.82) is 0 Å². The molecule has 1 aliphatic rings. The van der Waals surface area contributed by atoms with Crippen LogP contribution in [0.2, 0.25) is 0 Å². The Bertz CT molecular complexity index is 217. The summed E-state index contributed by atoms with van der Waals surface area (Å²) in [6.07, 6.45) is 3.01. The molecule has 0 unspecified atom stereocenters. The first kappa shape index (κ1) is 16.6. The van der Waals surface area contributed by atoms with E-state index in [4.69, 9.17) is 4.74 Å². The molecule has 0 bridgehead atoms. The molecule has 0 amide bonds. The summed E-state index contributed by atoms with van der Waals surface area (Å²) in [7, 11) is 3.70. The lowest BCUT2D eigenvalue weighted by atomic mass is 10.1. The zero-order valence-electron chi connectivity index (χ0n) is 12.0. The number of nitrogens with zero attached hydrogens (tertiary/aromatic N) is 2. The number of hydrogen-bond donors (Lipinski definition) is 1. The minimum absolute atomic E-state index is 0.364. The van der Waals surface area contributed by atoms with Crippen LogP contribution in [0.5, 0.6) is 0 Å². The van der Waals surface area contributed by atoms with Crippen LogP contribution in [0.15, 0.2) is 0 Å². The average molecular weight is 293 g/mol. The van der Waals surface area contributed by atoms with Crippen molar-refractivity contribution < 1.29 is 4.74 Å². The second-order valence-electron chi connectivity index (χ2n) is 5.63. The average Bonchev–Trinajstić information content (AvgIpc) is 2.29. The van der Waals surface area contributed by atoms with Gasteiger partial charge in [-0.25, -0.2) is 0 Å². The van der Waals surface area contributed by atoms with Gasteiger partial charge in [-0.3, -0.25) is 9.80 Å². The fourth-order valence-corrected chi connectivity index (χ4v) is 3.21. The summed E-state index contributed by atoms with van der Waals surface area (Å²) in [6.45, 7) is 9.89. The predicted octanol–water partition coefficient (Wildman–Crippen LogP) is 2.59. The zero-order chi connectivity index (χ0) is 13.4. The summed E-state index contributed by atoms with van der Waals surface area (Å²) >= 11 is 4.18. The Balaban J connectivity index is 2.19. The van der Waals surface area contributed by atoms with Crippen LogP contribution in [0.25, 0.3) is 0 Å².